The molecule has 98 valence electrons. The van der Waals surface area contributed by atoms with Crippen molar-refractivity contribution in [2.75, 3.05) is 26.2 Å². The number of nitrogens with zero attached hydrogens (tertiary/aromatic N) is 1. The number of carbonyl (C=O) groups excluding carboxylic acids is 1. The fourth-order valence-corrected chi connectivity index (χ4v) is 1.79. The highest BCUT2D eigenvalue weighted by Crippen LogP contribution is 2.04. The zero-order valence-corrected chi connectivity index (χ0v) is 10.4. The second-order valence-corrected chi connectivity index (χ2v) is 4.60. The van der Waals surface area contributed by atoms with Gasteiger partial charge in [-0.05, 0) is 18.9 Å². The van der Waals surface area contributed by atoms with Crippen molar-refractivity contribution in [2.45, 2.75) is 26.3 Å². The third-order valence-electron chi connectivity index (χ3n) is 2.84. The molecule has 1 fully saturated rings. The van der Waals surface area contributed by atoms with Gasteiger partial charge in [0.15, 0.2) is 0 Å². The van der Waals surface area contributed by atoms with Gasteiger partial charge < -0.3 is 20.6 Å². The van der Waals surface area contributed by atoms with Crippen LogP contribution in [0.3, 0.4) is 0 Å². The van der Waals surface area contributed by atoms with Gasteiger partial charge in [-0.2, -0.15) is 0 Å². The van der Waals surface area contributed by atoms with Crippen LogP contribution in [0.5, 0.6) is 0 Å². The Bertz CT molecular complexity index is 273. The number of carboxylic acids is 1. The number of nitrogens with one attached hydrogen (secondary N) is 2. The number of aliphatic carboxylic acids is 1. The van der Waals surface area contributed by atoms with Gasteiger partial charge in [-0.3, -0.25) is 0 Å². The molecule has 1 aliphatic rings. The standard InChI is InChI=1S/C11H21N3O3/c1-8(2)9(10(15)16)13-11(17)14-6-3-4-12-5-7-14/h8-9,12H,3-7H2,1-2H3,(H,13,17)(H,15,16)/t9-/m0/s1. The van der Waals surface area contributed by atoms with Crippen molar-refractivity contribution in [3.8, 4) is 0 Å². The van der Waals surface area contributed by atoms with E-state index in [0.717, 1.165) is 19.5 Å². The number of hydrogen-bond donors (Lipinski definition) is 3. The van der Waals surface area contributed by atoms with E-state index in [9.17, 15) is 9.59 Å². The van der Waals surface area contributed by atoms with E-state index in [1.54, 1.807) is 18.7 Å². The maximum atomic E-state index is 11.9. The van der Waals surface area contributed by atoms with Crippen LogP contribution in [0.1, 0.15) is 20.3 Å². The number of carboxylic acid groups (broad SMARTS) is 1. The van der Waals surface area contributed by atoms with E-state index in [4.69, 9.17) is 5.11 Å². The first-order valence-corrected chi connectivity index (χ1v) is 6.01. The van der Waals surface area contributed by atoms with Crippen molar-refractivity contribution in [1.82, 2.24) is 15.5 Å². The first-order valence-electron chi connectivity index (χ1n) is 6.01. The fourth-order valence-electron chi connectivity index (χ4n) is 1.79. The molecule has 0 aromatic rings. The summed E-state index contributed by atoms with van der Waals surface area (Å²) in [5.74, 6) is -1.11. The van der Waals surface area contributed by atoms with E-state index in [1.165, 1.54) is 0 Å². The Hall–Kier alpha value is -1.30. The topological polar surface area (TPSA) is 81.7 Å². The van der Waals surface area contributed by atoms with E-state index >= 15 is 0 Å². The summed E-state index contributed by atoms with van der Waals surface area (Å²) in [5, 5.41) is 14.8. The highest BCUT2D eigenvalue weighted by Gasteiger charge is 2.25. The molecule has 1 rings (SSSR count). The van der Waals surface area contributed by atoms with Gasteiger partial charge in [0.2, 0.25) is 0 Å². The molecule has 0 aromatic heterocycles. The maximum Gasteiger partial charge on any atom is 0.326 e. The lowest BCUT2D eigenvalue weighted by Gasteiger charge is -2.24. The van der Waals surface area contributed by atoms with Gasteiger partial charge in [-0.1, -0.05) is 13.8 Å². The highest BCUT2D eigenvalue weighted by molar-refractivity contribution is 5.82. The first-order chi connectivity index (χ1) is 8.02. The molecule has 0 aromatic carbocycles. The van der Waals surface area contributed by atoms with Crippen molar-refractivity contribution in [2.24, 2.45) is 5.92 Å². The molecule has 0 radical (unpaired) electrons. The van der Waals surface area contributed by atoms with Gasteiger partial charge in [0, 0.05) is 19.6 Å². The van der Waals surface area contributed by atoms with Crippen molar-refractivity contribution in [1.29, 1.82) is 0 Å². The molecule has 3 N–H and O–H groups in total. The Morgan fingerprint density at radius 1 is 1.29 bits per heavy atom. The molecule has 1 atom stereocenters. The number of rotatable bonds is 3. The summed E-state index contributed by atoms with van der Waals surface area (Å²) in [6.45, 7) is 6.51. The zero-order valence-electron chi connectivity index (χ0n) is 10.4. The van der Waals surface area contributed by atoms with Crippen molar-refractivity contribution >= 4 is 12.0 Å². The van der Waals surface area contributed by atoms with Crippen LogP contribution in [0, 0.1) is 5.92 Å². The van der Waals surface area contributed by atoms with E-state index in [0.29, 0.717) is 13.1 Å². The van der Waals surface area contributed by atoms with Gasteiger partial charge in [-0.25, -0.2) is 9.59 Å². The Balaban J connectivity index is 2.53. The SMILES string of the molecule is CC(C)[C@H](NC(=O)N1CCCNCC1)C(=O)O. The minimum atomic E-state index is -0.985. The van der Waals surface area contributed by atoms with Crippen LogP contribution in [0.2, 0.25) is 0 Å². The van der Waals surface area contributed by atoms with Gasteiger partial charge >= 0.3 is 12.0 Å². The Morgan fingerprint density at radius 3 is 2.59 bits per heavy atom. The largest absolute Gasteiger partial charge is 0.480 e. The third kappa shape index (κ3) is 4.22. The van der Waals surface area contributed by atoms with E-state index in [-0.39, 0.29) is 11.9 Å². The minimum Gasteiger partial charge on any atom is -0.480 e. The number of carbonyl (C=O) groups is 2. The zero-order chi connectivity index (χ0) is 12.8. The lowest BCUT2D eigenvalue weighted by atomic mass is 10.1. The summed E-state index contributed by atoms with van der Waals surface area (Å²) in [4.78, 5) is 24.5. The second kappa shape index (κ2) is 6.44. The van der Waals surface area contributed by atoms with E-state index < -0.39 is 12.0 Å². The van der Waals surface area contributed by atoms with Crippen LogP contribution in [-0.4, -0.2) is 54.2 Å². The number of amides is 2. The average molecular weight is 243 g/mol. The fraction of sp³-hybridized carbons (Fsp3) is 0.818. The van der Waals surface area contributed by atoms with Gasteiger partial charge in [0.25, 0.3) is 0 Å². The molecular formula is C11H21N3O3. The van der Waals surface area contributed by atoms with Crippen LogP contribution in [-0.2, 0) is 4.79 Å². The Kier molecular flexibility index (Phi) is 5.21. The second-order valence-electron chi connectivity index (χ2n) is 4.60. The lowest BCUT2D eigenvalue weighted by molar-refractivity contribution is -0.140. The summed E-state index contributed by atoms with van der Waals surface area (Å²) in [6, 6.07) is -1.10. The van der Waals surface area contributed by atoms with Gasteiger partial charge in [0.05, 0.1) is 0 Å². The van der Waals surface area contributed by atoms with Crippen LogP contribution in [0.15, 0.2) is 0 Å². The van der Waals surface area contributed by atoms with Crippen LogP contribution < -0.4 is 10.6 Å². The smallest absolute Gasteiger partial charge is 0.326 e. The van der Waals surface area contributed by atoms with E-state index in [1.807, 2.05) is 0 Å². The minimum absolute atomic E-state index is 0.124. The number of urea groups is 1. The molecule has 6 heteroatoms. The maximum absolute atomic E-state index is 11.9. The molecule has 6 nitrogen and oxygen atoms in total. The molecule has 0 aliphatic carbocycles. The molecule has 1 saturated heterocycles. The summed E-state index contributed by atoms with van der Waals surface area (Å²) in [6.07, 6.45) is 0.896. The molecule has 2 amide bonds. The van der Waals surface area contributed by atoms with Crippen LogP contribution >= 0.6 is 0 Å². The molecule has 17 heavy (non-hydrogen) atoms. The molecule has 1 aliphatic heterocycles. The molecule has 1 heterocycles. The van der Waals surface area contributed by atoms with Gasteiger partial charge in [-0.15, -0.1) is 0 Å². The van der Waals surface area contributed by atoms with Crippen LogP contribution in [0.4, 0.5) is 4.79 Å². The molecule has 0 bridgehead atoms. The quantitative estimate of drug-likeness (QED) is 0.656. The first kappa shape index (κ1) is 13.8. The summed E-state index contributed by atoms with van der Waals surface area (Å²) in [5.41, 5.74) is 0. The van der Waals surface area contributed by atoms with Crippen LogP contribution in [0.25, 0.3) is 0 Å². The summed E-state index contributed by atoms with van der Waals surface area (Å²) in [7, 11) is 0. The van der Waals surface area contributed by atoms with Crippen molar-refractivity contribution in [3.05, 3.63) is 0 Å². The predicted octanol–water partition coefficient (Wildman–Crippen LogP) is 0.101. The molecule has 0 saturated carbocycles. The normalized spacial score (nSPS) is 18.6. The van der Waals surface area contributed by atoms with Crippen molar-refractivity contribution < 1.29 is 14.7 Å². The average Bonchev–Trinajstić information content (AvgIpc) is 2.52. The van der Waals surface area contributed by atoms with Crippen molar-refractivity contribution in [3.63, 3.8) is 0 Å². The Morgan fingerprint density at radius 2 is 2.00 bits per heavy atom. The monoisotopic (exact) mass is 243 g/mol. The molecule has 0 spiro atoms. The van der Waals surface area contributed by atoms with Gasteiger partial charge in [0.1, 0.15) is 6.04 Å². The Labute approximate surface area is 101 Å². The highest BCUT2D eigenvalue weighted by atomic mass is 16.4. The predicted molar refractivity (Wildman–Crippen MR) is 63.9 cm³/mol. The molecular weight excluding hydrogens is 222 g/mol. The molecule has 0 unspecified atom stereocenters. The van der Waals surface area contributed by atoms with E-state index in [2.05, 4.69) is 10.6 Å². The summed E-state index contributed by atoms with van der Waals surface area (Å²) >= 11 is 0. The number of hydrogen-bond acceptors (Lipinski definition) is 3. The lowest BCUT2D eigenvalue weighted by Crippen LogP contribution is -2.50. The third-order valence-corrected chi connectivity index (χ3v) is 2.84. The summed E-state index contributed by atoms with van der Waals surface area (Å²) < 4.78 is 0.